The van der Waals surface area contributed by atoms with Crippen molar-refractivity contribution in [1.82, 2.24) is 9.97 Å². The third-order valence-corrected chi connectivity index (χ3v) is 6.04. The van der Waals surface area contributed by atoms with Crippen LogP contribution in [0.3, 0.4) is 0 Å². The highest BCUT2D eigenvalue weighted by atomic mass is 35.5. The Labute approximate surface area is 203 Å². The van der Waals surface area contributed by atoms with Crippen LogP contribution >= 0.6 is 23.2 Å². The Balaban J connectivity index is 1.86. The molecule has 0 amide bonds. The molecule has 6 nitrogen and oxygen atoms in total. The fourth-order valence-corrected chi connectivity index (χ4v) is 3.90. The summed E-state index contributed by atoms with van der Waals surface area (Å²) in [7, 11) is 0. The van der Waals surface area contributed by atoms with E-state index in [1.165, 1.54) is 43.3 Å². The molecule has 11 heteroatoms. The van der Waals surface area contributed by atoms with Crippen molar-refractivity contribution >= 4 is 29.2 Å². The van der Waals surface area contributed by atoms with Gasteiger partial charge in [0, 0.05) is 27.7 Å². The number of aromatic nitrogens is 2. The van der Waals surface area contributed by atoms with Gasteiger partial charge < -0.3 is 14.9 Å². The number of aryl methyl sites for hydroxylation is 1. The minimum atomic E-state index is -5.06. The van der Waals surface area contributed by atoms with Crippen LogP contribution in [0.15, 0.2) is 48.8 Å². The zero-order valence-electron chi connectivity index (χ0n) is 17.9. The molecule has 0 saturated carbocycles. The summed E-state index contributed by atoms with van der Waals surface area (Å²) >= 11 is 12.4. The van der Waals surface area contributed by atoms with Gasteiger partial charge in [0.2, 0.25) is 5.60 Å². The summed E-state index contributed by atoms with van der Waals surface area (Å²) in [6.45, 7) is 2.73. The molecule has 0 bridgehead atoms. The maximum absolute atomic E-state index is 14.0. The van der Waals surface area contributed by atoms with Crippen molar-refractivity contribution in [3.05, 3.63) is 86.9 Å². The summed E-state index contributed by atoms with van der Waals surface area (Å²) in [4.78, 5) is 18.6. The summed E-state index contributed by atoms with van der Waals surface area (Å²) < 4.78 is 47.7. The Kier molecular flexibility index (Phi) is 7.40. The van der Waals surface area contributed by atoms with E-state index in [0.717, 1.165) is 12.4 Å². The SMILES string of the molecule is Cc1cnc(C(O)(C(C)c2ccc(OCc3ccc(C(=O)O)cc3Cl)cc2Cl)C(F)(F)F)cn1. The molecule has 2 unspecified atom stereocenters. The van der Waals surface area contributed by atoms with E-state index in [4.69, 9.17) is 33.0 Å². The van der Waals surface area contributed by atoms with Crippen molar-refractivity contribution < 1.29 is 32.9 Å². The van der Waals surface area contributed by atoms with Gasteiger partial charge in [-0.3, -0.25) is 9.97 Å². The zero-order chi connectivity index (χ0) is 25.3. The number of carboxylic acid groups (broad SMARTS) is 1. The number of rotatable bonds is 7. The number of aliphatic hydroxyl groups is 1. The molecule has 2 N–H and O–H groups in total. The monoisotopic (exact) mass is 514 g/mol. The van der Waals surface area contributed by atoms with Crippen LogP contribution in [0.5, 0.6) is 5.75 Å². The highest BCUT2D eigenvalue weighted by Gasteiger charge is 2.60. The number of benzene rings is 2. The first-order valence-corrected chi connectivity index (χ1v) is 10.6. The fraction of sp³-hybridized carbons (Fsp3) is 0.261. The quantitative estimate of drug-likeness (QED) is 0.406. The molecule has 0 saturated heterocycles. The summed E-state index contributed by atoms with van der Waals surface area (Å²) in [6.07, 6.45) is -3.02. The topological polar surface area (TPSA) is 92.5 Å². The highest BCUT2D eigenvalue weighted by molar-refractivity contribution is 6.32. The Morgan fingerprint density at radius 3 is 2.32 bits per heavy atom. The van der Waals surface area contributed by atoms with E-state index in [1.807, 2.05) is 0 Å². The van der Waals surface area contributed by atoms with E-state index in [0.29, 0.717) is 11.3 Å². The average Bonchev–Trinajstić information content (AvgIpc) is 2.77. The van der Waals surface area contributed by atoms with Crippen molar-refractivity contribution in [2.75, 3.05) is 0 Å². The van der Waals surface area contributed by atoms with Crippen LogP contribution in [0.4, 0.5) is 13.2 Å². The summed E-state index contributed by atoms with van der Waals surface area (Å²) in [6, 6.07) is 8.22. The van der Waals surface area contributed by atoms with Crippen LogP contribution in [0, 0.1) is 6.92 Å². The van der Waals surface area contributed by atoms with Gasteiger partial charge in [-0.05, 0) is 36.8 Å². The van der Waals surface area contributed by atoms with Crippen LogP contribution in [0.1, 0.15) is 45.7 Å². The van der Waals surface area contributed by atoms with Crippen molar-refractivity contribution in [1.29, 1.82) is 0 Å². The number of hydrogen-bond donors (Lipinski definition) is 2. The molecule has 3 rings (SSSR count). The van der Waals surface area contributed by atoms with Gasteiger partial charge in [0.05, 0.1) is 17.5 Å². The first kappa shape index (κ1) is 25.7. The van der Waals surface area contributed by atoms with Crippen LogP contribution < -0.4 is 4.74 Å². The van der Waals surface area contributed by atoms with E-state index in [1.54, 1.807) is 6.92 Å². The van der Waals surface area contributed by atoms with Gasteiger partial charge >= 0.3 is 12.1 Å². The lowest BCUT2D eigenvalue weighted by Gasteiger charge is -2.35. The van der Waals surface area contributed by atoms with E-state index >= 15 is 0 Å². The fourth-order valence-electron chi connectivity index (χ4n) is 3.33. The number of hydrogen-bond acceptors (Lipinski definition) is 5. The molecule has 2 atom stereocenters. The largest absolute Gasteiger partial charge is 0.489 e. The Hall–Kier alpha value is -2.88. The Morgan fingerprint density at radius 1 is 1.09 bits per heavy atom. The maximum atomic E-state index is 14.0. The first-order valence-electron chi connectivity index (χ1n) is 9.86. The smallest absolute Gasteiger partial charge is 0.423 e. The first-order chi connectivity index (χ1) is 15.8. The van der Waals surface area contributed by atoms with Gasteiger partial charge in [0.25, 0.3) is 0 Å². The molecule has 34 heavy (non-hydrogen) atoms. The average molecular weight is 515 g/mol. The predicted octanol–water partition coefficient (Wildman–Crippen LogP) is 5.92. The normalized spacial score (nSPS) is 14.4. The lowest BCUT2D eigenvalue weighted by atomic mass is 9.80. The number of aromatic carboxylic acids is 1. The van der Waals surface area contributed by atoms with E-state index in [-0.39, 0.29) is 33.5 Å². The molecule has 0 spiro atoms. The number of ether oxygens (including phenoxy) is 1. The number of alkyl halides is 3. The highest BCUT2D eigenvalue weighted by Crippen LogP contribution is 2.49. The van der Waals surface area contributed by atoms with Gasteiger partial charge in [-0.15, -0.1) is 0 Å². The molecule has 0 fully saturated rings. The maximum Gasteiger partial charge on any atom is 0.423 e. The molecule has 1 heterocycles. The van der Waals surface area contributed by atoms with Crippen LogP contribution in [0.25, 0.3) is 0 Å². The minimum Gasteiger partial charge on any atom is -0.489 e. The Bertz CT molecular complexity index is 1210. The van der Waals surface area contributed by atoms with Gasteiger partial charge in [-0.2, -0.15) is 13.2 Å². The molecule has 180 valence electrons. The van der Waals surface area contributed by atoms with Gasteiger partial charge in [0.15, 0.2) is 0 Å². The van der Waals surface area contributed by atoms with Crippen molar-refractivity contribution in [3.63, 3.8) is 0 Å². The molecule has 1 aromatic heterocycles. The molecule has 2 aromatic carbocycles. The molecular formula is C23H19Cl2F3N2O4. The van der Waals surface area contributed by atoms with E-state index < -0.39 is 29.4 Å². The summed E-state index contributed by atoms with van der Waals surface area (Å²) in [5, 5.41) is 19.9. The number of nitrogens with zero attached hydrogens (tertiary/aromatic N) is 2. The van der Waals surface area contributed by atoms with Gasteiger partial charge in [0.1, 0.15) is 18.1 Å². The predicted molar refractivity (Wildman–Crippen MR) is 119 cm³/mol. The minimum absolute atomic E-state index is 0.0190. The molecule has 0 radical (unpaired) electrons. The lowest BCUT2D eigenvalue weighted by Crippen LogP contribution is -2.47. The van der Waals surface area contributed by atoms with Crippen molar-refractivity contribution in [2.24, 2.45) is 0 Å². The molecule has 0 aliphatic carbocycles. The molecule has 0 aliphatic heterocycles. The second-order valence-electron chi connectivity index (χ2n) is 7.61. The van der Waals surface area contributed by atoms with Crippen molar-refractivity contribution in [3.8, 4) is 5.75 Å². The van der Waals surface area contributed by atoms with E-state index in [9.17, 15) is 23.1 Å². The van der Waals surface area contributed by atoms with Crippen LogP contribution in [-0.4, -0.2) is 32.3 Å². The molecular weight excluding hydrogens is 496 g/mol. The van der Waals surface area contributed by atoms with Gasteiger partial charge in [-0.25, -0.2) is 4.79 Å². The molecule has 0 aliphatic rings. The number of carbonyl (C=O) groups is 1. The third-order valence-electron chi connectivity index (χ3n) is 5.36. The van der Waals surface area contributed by atoms with Crippen LogP contribution in [0.2, 0.25) is 10.0 Å². The standard InChI is InChI=1S/C23H19Cl2F3N2O4/c1-12-9-30-20(10-29-12)22(33,23(26,27)28)13(2)17-6-5-16(8-19(17)25)34-11-15-4-3-14(21(31)32)7-18(15)24/h3-10,13,33H,11H2,1-2H3,(H,31,32). The molecule has 3 aromatic rings. The zero-order valence-corrected chi connectivity index (χ0v) is 19.4. The summed E-state index contributed by atoms with van der Waals surface area (Å²) in [5.74, 6) is -2.41. The number of carboxylic acids is 1. The van der Waals surface area contributed by atoms with E-state index in [2.05, 4.69) is 9.97 Å². The van der Waals surface area contributed by atoms with Gasteiger partial charge in [-0.1, -0.05) is 42.3 Å². The third kappa shape index (κ3) is 5.11. The van der Waals surface area contributed by atoms with Crippen molar-refractivity contribution in [2.45, 2.75) is 38.1 Å². The Morgan fingerprint density at radius 2 is 1.79 bits per heavy atom. The summed E-state index contributed by atoms with van der Waals surface area (Å²) in [5.41, 5.74) is -3.03. The number of halogens is 5. The second-order valence-corrected chi connectivity index (χ2v) is 8.43. The lowest BCUT2D eigenvalue weighted by molar-refractivity contribution is -0.276. The van der Waals surface area contributed by atoms with Crippen LogP contribution in [-0.2, 0) is 12.2 Å². The second kappa shape index (κ2) is 9.77.